The summed E-state index contributed by atoms with van der Waals surface area (Å²) >= 11 is 1.38. The Balaban J connectivity index is 1.61. The number of carbonyl (C=O) groups excluding carboxylic acids is 2. The van der Waals surface area contributed by atoms with E-state index in [1.54, 1.807) is 12.1 Å². The zero-order chi connectivity index (χ0) is 27.7. The minimum Gasteiger partial charge on any atom is -0.332 e. The zero-order valence-corrected chi connectivity index (χ0v) is 20.5. The van der Waals surface area contributed by atoms with Crippen molar-refractivity contribution in [1.29, 1.82) is 0 Å². The van der Waals surface area contributed by atoms with Crippen molar-refractivity contribution in [2.45, 2.75) is 44.3 Å². The minimum atomic E-state index is -5.11. The van der Waals surface area contributed by atoms with Gasteiger partial charge in [-0.05, 0) is 60.2 Å². The lowest BCUT2D eigenvalue weighted by Crippen LogP contribution is -2.43. The monoisotopic (exact) mass is 558 g/mol. The molecule has 1 saturated carbocycles. The van der Waals surface area contributed by atoms with Crippen LogP contribution >= 0.6 is 11.3 Å². The predicted molar refractivity (Wildman–Crippen MR) is 125 cm³/mol. The smallest absolute Gasteiger partial charge is 0.332 e. The lowest BCUT2D eigenvalue weighted by molar-refractivity contribution is -0.143. The van der Waals surface area contributed by atoms with Crippen LogP contribution in [0.1, 0.15) is 44.8 Å². The van der Waals surface area contributed by atoms with Gasteiger partial charge in [0.2, 0.25) is 5.91 Å². The molecule has 1 aliphatic rings. The fraction of sp³-hybridized carbons (Fsp3) is 0.308. The normalized spacial score (nSPS) is 13.9. The Morgan fingerprint density at radius 1 is 0.868 bits per heavy atom. The first kappa shape index (κ1) is 27.6. The number of carbonyl (C=O) groups is 2. The molecule has 0 saturated heterocycles. The van der Waals surface area contributed by atoms with E-state index in [9.17, 15) is 40.3 Å². The van der Waals surface area contributed by atoms with E-state index < -0.39 is 59.3 Å². The molecule has 0 atom stereocenters. The maximum Gasteiger partial charge on any atom is 0.416 e. The first-order valence-electron chi connectivity index (χ1n) is 11.5. The van der Waals surface area contributed by atoms with Crippen molar-refractivity contribution >= 4 is 23.2 Å². The van der Waals surface area contributed by atoms with Gasteiger partial charge in [0.25, 0.3) is 5.91 Å². The number of thiophene rings is 1. The Morgan fingerprint density at radius 3 is 1.97 bits per heavy atom. The molecule has 1 heterocycles. The standard InChI is InChI=1S/C26H21F7N2O2S/c27-20-5-3-16(4-6-20)13-34(14-22-2-1-9-38-22)23(36)15-35(21-7-8-21)24(37)17-10-18(25(28,29)30)12-19(11-17)26(31,32)33/h1-6,9-12,21H,7-8,13-15H2. The molecule has 0 bridgehead atoms. The Bertz CT molecular complexity index is 1250. The fourth-order valence-electron chi connectivity index (χ4n) is 3.88. The summed E-state index contributed by atoms with van der Waals surface area (Å²) in [5.74, 6) is -2.10. The number of benzene rings is 2. The van der Waals surface area contributed by atoms with Gasteiger partial charge in [-0.15, -0.1) is 11.3 Å². The maximum absolute atomic E-state index is 13.4. The Kier molecular flexibility index (Phi) is 7.82. The van der Waals surface area contributed by atoms with Crippen LogP contribution in [0, 0.1) is 5.82 Å². The molecule has 2 aromatic carbocycles. The molecule has 2 amide bonds. The van der Waals surface area contributed by atoms with Crippen LogP contribution in [0.4, 0.5) is 30.7 Å². The van der Waals surface area contributed by atoms with Crippen LogP contribution in [0.15, 0.2) is 60.0 Å². The minimum absolute atomic E-state index is 0.0468. The van der Waals surface area contributed by atoms with Gasteiger partial charge in [-0.3, -0.25) is 9.59 Å². The van der Waals surface area contributed by atoms with Crippen LogP contribution in [-0.2, 0) is 30.2 Å². The zero-order valence-electron chi connectivity index (χ0n) is 19.7. The third kappa shape index (κ3) is 6.91. The summed E-state index contributed by atoms with van der Waals surface area (Å²) in [7, 11) is 0. The molecule has 1 aliphatic carbocycles. The molecule has 1 fully saturated rings. The summed E-state index contributed by atoms with van der Waals surface area (Å²) in [5.41, 5.74) is -3.40. The molecule has 12 heteroatoms. The number of amides is 2. The summed E-state index contributed by atoms with van der Waals surface area (Å²) < 4.78 is 93.3. The van der Waals surface area contributed by atoms with E-state index in [1.165, 1.54) is 40.5 Å². The molecule has 202 valence electrons. The van der Waals surface area contributed by atoms with Crippen LogP contribution in [-0.4, -0.2) is 34.2 Å². The second kappa shape index (κ2) is 10.8. The van der Waals surface area contributed by atoms with Gasteiger partial charge in [0.05, 0.1) is 17.7 Å². The van der Waals surface area contributed by atoms with E-state index in [1.807, 2.05) is 5.38 Å². The summed E-state index contributed by atoms with van der Waals surface area (Å²) in [6, 6.07) is 9.25. The molecule has 0 N–H and O–H groups in total. The van der Waals surface area contributed by atoms with Gasteiger partial charge in [-0.2, -0.15) is 26.3 Å². The molecule has 0 radical (unpaired) electrons. The molecule has 0 unspecified atom stereocenters. The Labute approximate surface area is 217 Å². The lowest BCUT2D eigenvalue weighted by atomic mass is 10.0. The fourth-order valence-corrected chi connectivity index (χ4v) is 4.60. The first-order chi connectivity index (χ1) is 17.8. The molecule has 0 aliphatic heterocycles. The summed E-state index contributed by atoms with van der Waals surface area (Å²) in [5, 5.41) is 1.81. The molecule has 4 nitrogen and oxygen atoms in total. The highest BCUT2D eigenvalue weighted by Gasteiger charge is 2.40. The van der Waals surface area contributed by atoms with E-state index in [2.05, 4.69) is 0 Å². The van der Waals surface area contributed by atoms with E-state index in [0.717, 1.165) is 9.78 Å². The third-order valence-corrected chi connectivity index (χ3v) is 6.82. The highest BCUT2D eigenvalue weighted by Crippen LogP contribution is 2.37. The number of rotatable bonds is 8. The van der Waals surface area contributed by atoms with Crippen LogP contribution in [0.3, 0.4) is 0 Å². The largest absolute Gasteiger partial charge is 0.416 e. The van der Waals surface area contributed by atoms with Crippen molar-refractivity contribution in [2.24, 2.45) is 0 Å². The van der Waals surface area contributed by atoms with E-state index in [4.69, 9.17) is 0 Å². The Morgan fingerprint density at radius 2 is 1.47 bits per heavy atom. The van der Waals surface area contributed by atoms with Crippen molar-refractivity contribution in [3.8, 4) is 0 Å². The average molecular weight is 559 g/mol. The van der Waals surface area contributed by atoms with Crippen molar-refractivity contribution in [3.63, 3.8) is 0 Å². The number of halogens is 7. The second-order valence-corrected chi connectivity index (χ2v) is 9.95. The molecular weight excluding hydrogens is 537 g/mol. The van der Waals surface area contributed by atoms with Gasteiger partial charge in [-0.1, -0.05) is 18.2 Å². The molecule has 1 aromatic heterocycles. The number of hydrogen-bond donors (Lipinski definition) is 0. The number of nitrogens with zero attached hydrogens (tertiary/aromatic N) is 2. The van der Waals surface area contributed by atoms with Gasteiger partial charge in [0, 0.05) is 23.0 Å². The number of alkyl halides is 6. The van der Waals surface area contributed by atoms with Crippen molar-refractivity contribution in [2.75, 3.05) is 6.54 Å². The van der Waals surface area contributed by atoms with Crippen molar-refractivity contribution in [1.82, 2.24) is 9.80 Å². The lowest BCUT2D eigenvalue weighted by Gasteiger charge is -2.28. The molecule has 3 aromatic rings. The molecule has 4 rings (SSSR count). The average Bonchev–Trinajstić information content (AvgIpc) is 3.56. The third-order valence-electron chi connectivity index (χ3n) is 5.95. The SMILES string of the molecule is O=C(CN(C(=O)c1cc(C(F)(F)F)cc(C(F)(F)F)c1)C1CC1)N(Cc1ccc(F)cc1)Cc1cccs1. The maximum atomic E-state index is 13.4. The second-order valence-electron chi connectivity index (χ2n) is 8.91. The van der Waals surface area contributed by atoms with E-state index in [-0.39, 0.29) is 19.2 Å². The van der Waals surface area contributed by atoms with Gasteiger partial charge in [-0.25, -0.2) is 4.39 Å². The van der Waals surface area contributed by atoms with Crippen LogP contribution in [0.2, 0.25) is 0 Å². The highest BCUT2D eigenvalue weighted by molar-refractivity contribution is 7.09. The van der Waals surface area contributed by atoms with Gasteiger partial charge >= 0.3 is 12.4 Å². The van der Waals surface area contributed by atoms with Gasteiger partial charge in [0.1, 0.15) is 12.4 Å². The van der Waals surface area contributed by atoms with Gasteiger partial charge in [0.15, 0.2) is 0 Å². The van der Waals surface area contributed by atoms with Crippen molar-refractivity contribution in [3.05, 3.63) is 92.9 Å². The van der Waals surface area contributed by atoms with E-state index in [0.29, 0.717) is 30.5 Å². The van der Waals surface area contributed by atoms with Crippen molar-refractivity contribution < 1.29 is 40.3 Å². The van der Waals surface area contributed by atoms with E-state index >= 15 is 0 Å². The molecule has 38 heavy (non-hydrogen) atoms. The van der Waals surface area contributed by atoms with Crippen LogP contribution in [0.5, 0.6) is 0 Å². The first-order valence-corrected chi connectivity index (χ1v) is 12.3. The quantitative estimate of drug-likeness (QED) is 0.287. The van der Waals surface area contributed by atoms with Gasteiger partial charge < -0.3 is 9.80 Å². The molecular formula is C26H21F7N2O2S. The topological polar surface area (TPSA) is 40.6 Å². The number of hydrogen-bond acceptors (Lipinski definition) is 3. The summed E-state index contributed by atoms with van der Waals surface area (Å²) in [6.07, 6.45) is -9.29. The van der Waals surface area contributed by atoms with Crippen LogP contribution in [0.25, 0.3) is 0 Å². The predicted octanol–water partition coefficient (Wildman–Crippen LogP) is 6.76. The van der Waals surface area contributed by atoms with Crippen LogP contribution < -0.4 is 0 Å². The highest BCUT2D eigenvalue weighted by atomic mass is 32.1. The summed E-state index contributed by atoms with van der Waals surface area (Å²) in [4.78, 5) is 29.9. The molecule has 0 spiro atoms. The summed E-state index contributed by atoms with van der Waals surface area (Å²) in [6.45, 7) is -0.318. The Hall–Kier alpha value is -3.41.